The Morgan fingerprint density at radius 3 is 1.73 bits per heavy atom. The Hall–Kier alpha value is -0.353. The molecule has 4 heteroatoms. The SMILES string of the molecule is CCCCCCCCCCCC[C@@H](O[Si](C)(C)C)C(=O)OC. The van der Waals surface area contributed by atoms with Gasteiger partial charge in [0, 0.05) is 0 Å². The lowest BCUT2D eigenvalue weighted by Gasteiger charge is -2.24. The molecule has 0 saturated carbocycles. The minimum absolute atomic E-state index is 0.210. The van der Waals surface area contributed by atoms with Gasteiger partial charge in [-0.15, -0.1) is 0 Å². The third-order valence-electron chi connectivity index (χ3n) is 3.78. The van der Waals surface area contributed by atoms with E-state index < -0.39 is 8.32 Å². The highest BCUT2D eigenvalue weighted by molar-refractivity contribution is 6.69. The minimum Gasteiger partial charge on any atom is -0.467 e. The fourth-order valence-electron chi connectivity index (χ4n) is 2.60. The zero-order chi connectivity index (χ0) is 16.8. The molecule has 0 aromatic heterocycles. The van der Waals surface area contributed by atoms with Crippen molar-refractivity contribution < 1.29 is 14.0 Å². The van der Waals surface area contributed by atoms with Gasteiger partial charge in [-0.1, -0.05) is 71.1 Å². The van der Waals surface area contributed by atoms with Crippen molar-refractivity contribution in [1.82, 2.24) is 0 Å². The molecule has 0 aromatic rings. The topological polar surface area (TPSA) is 35.5 Å². The van der Waals surface area contributed by atoms with Gasteiger partial charge >= 0.3 is 5.97 Å². The first-order valence-electron chi connectivity index (χ1n) is 9.16. The Morgan fingerprint density at radius 2 is 1.32 bits per heavy atom. The van der Waals surface area contributed by atoms with Crippen LogP contribution >= 0.6 is 0 Å². The van der Waals surface area contributed by atoms with Crippen molar-refractivity contribution in [2.24, 2.45) is 0 Å². The Bertz CT molecular complexity index is 274. The molecule has 0 spiro atoms. The van der Waals surface area contributed by atoms with Crippen LogP contribution in [-0.2, 0) is 14.0 Å². The predicted molar refractivity (Wildman–Crippen MR) is 96.7 cm³/mol. The van der Waals surface area contributed by atoms with Crippen LogP contribution in [0.2, 0.25) is 19.6 Å². The molecule has 22 heavy (non-hydrogen) atoms. The summed E-state index contributed by atoms with van der Waals surface area (Å²) >= 11 is 0. The van der Waals surface area contributed by atoms with Gasteiger partial charge in [-0.2, -0.15) is 0 Å². The van der Waals surface area contributed by atoms with Crippen LogP contribution < -0.4 is 0 Å². The number of esters is 1. The second-order valence-corrected chi connectivity index (χ2v) is 11.7. The van der Waals surface area contributed by atoms with Gasteiger partial charge in [0.05, 0.1) is 7.11 Å². The number of methoxy groups -OCH3 is 1. The van der Waals surface area contributed by atoms with Crippen molar-refractivity contribution in [2.75, 3.05) is 7.11 Å². The van der Waals surface area contributed by atoms with Crippen molar-refractivity contribution in [3.8, 4) is 0 Å². The first kappa shape index (κ1) is 21.6. The molecule has 0 radical (unpaired) electrons. The van der Waals surface area contributed by atoms with Gasteiger partial charge in [-0.05, 0) is 26.1 Å². The van der Waals surface area contributed by atoms with E-state index in [0.29, 0.717) is 0 Å². The van der Waals surface area contributed by atoms with E-state index in [1.807, 2.05) is 0 Å². The van der Waals surface area contributed by atoms with Crippen LogP contribution in [0.1, 0.15) is 77.6 Å². The van der Waals surface area contributed by atoms with Crippen molar-refractivity contribution in [3.05, 3.63) is 0 Å². The van der Waals surface area contributed by atoms with Gasteiger partial charge in [0.2, 0.25) is 0 Å². The molecule has 0 aliphatic rings. The molecule has 0 N–H and O–H groups in total. The summed E-state index contributed by atoms with van der Waals surface area (Å²) in [5.41, 5.74) is 0. The van der Waals surface area contributed by atoms with Crippen LogP contribution in [0.25, 0.3) is 0 Å². The van der Waals surface area contributed by atoms with Crippen molar-refractivity contribution in [3.63, 3.8) is 0 Å². The second-order valence-electron chi connectivity index (χ2n) is 7.21. The molecule has 132 valence electrons. The minimum atomic E-state index is -1.70. The maximum Gasteiger partial charge on any atom is 0.333 e. The molecule has 0 aliphatic heterocycles. The van der Waals surface area contributed by atoms with Crippen molar-refractivity contribution >= 4 is 14.3 Å². The zero-order valence-corrected chi connectivity index (χ0v) is 16.6. The predicted octanol–water partition coefficient (Wildman–Crippen LogP) is 5.69. The number of hydrogen-bond acceptors (Lipinski definition) is 3. The van der Waals surface area contributed by atoms with Crippen LogP contribution in [0.4, 0.5) is 0 Å². The van der Waals surface area contributed by atoms with Gasteiger partial charge in [-0.3, -0.25) is 0 Å². The van der Waals surface area contributed by atoms with E-state index in [9.17, 15) is 4.79 Å². The van der Waals surface area contributed by atoms with Crippen LogP contribution in [0, 0.1) is 0 Å². The molecule has 0 amide bonds. The summed E-state index contributed by atoms with van der Waals surface area (Å²) in [6.45, 7) is 8.60. The number of hydrogen-bond donors (Lipinski definition) is 0. The maximum absolute atomic E-state index is 11.8. The highest BCUT2D eigenvalue weighted by Crippen LogP contribution is 2.16. The lowest BCUT2D eigenvalue weighted by molar-refractivity contribution is -0.149. The van der Waals surface area contributed by atoms with Crippen LogP contribution in [-0.4, -0.2) is 27.5 Å². The summed E-state index contributed by atoms with van der Waals surface area (Å²) in [5.74, 6) is -0.210. The van der Waals surface area contributed by atoms with Gasteiger partial charge in [0.1, 0.15) is 6.10 Å². The van der Waals surface area contributed by atoms with Crippen molar-refractivity contribution in [1.29, 1.82) is 0 Å². The molecule has 0 bridgehead atoms. The first-order chi connectivity index (χ1) is 10.4. The van der Waals surface area contributed by atoms with Crippen LogP contribution in [0.3, 0.4) is 0 Å². The second kappa shape index (κ2) is 13.1. The van der Waals surface area contributed by atoms with E-state index in [1.165, 1.54) is 64.9 Å². The normalized spacial score (nSPS) is 13.1. The summed E-state index contributed by atoms with van der Waals surface area (Å²) < 4.78 is 10.8. The fraction of sp³-hybridized carbons (Fsp3) is 0.944. The average Bonchev–Trinajstić information content (AvgIpc) is 2.46. The lowest BCUT2D eigenvalue weighted by Crippen LogP contribution is -2.37. The van der Waals surface area contributed by atoms with E-state index in [4.69, 9.17) is 9.16 Å². The smallest absolute Gasteiger partial charge is 0.333 e. The summed E-state index contributed by atoms with van der Waals surface area (Å²) in [5, 5.41) is 0. The van der Waals surface area contributed by atoms with Crippen LogP contribution in [0.5, 0.6) is 0 Å². The quantitative estimate of drug-likeness (QED) is 0.233. The molecule has 0 aromatic carbocycles. The Kier molecular flexibility index (Phi) is 12.9. The van der Waals surface area contributed by atoms with E-state index in [2.05, 4.69) is 26.6 Å². The van der Waals surface area contributed by atoms with E-state index in [0.717, 1.165) is 12.8 Å². The molecule has 0 aliphatic carbocycles. The number of carbonyl (C=O) groups excluding carboxylic acids is 1. The summed E-state index contributed by atoms with van der Waals surface area (Å²) in [6.07, 6.45) is 13.5. The molecule has 0 unspecified atom stereocenters. The summed E-state index contributed by atoms with van der Waals surface area (Å²) in [6, 6.07) is 0. The molecule has 0 heterocycles. The standard InChI is InChI=1S/C18H38O3Si/c1-6-7-8-9-10-11-12-13-14-15-16-17(18(19)20-2)21-22(3,4)5/h17H,6-16H2,1-5H3/t17-/m1/s1. The van der Waals surface area contributed by atoms with Crippen LogP contribution in [0.15, 0.2) is 0 Å². The molecular formula is C18H38O3Si. The largest absolute Gasteiger partial charge is 0.467 e. The highest BCUT2D eigenvalue weighted by Gasteiger charge is 2.26. The van der Waals surface area contributed by atoms with E-state index in [1.54, 1.807) is 0 Å². The Morgan fingerprint density at radius 1 is 0.864 bits per heavy atom. The number of ether oxygens (including phenoxy) is 1. The lowest BCUT2D eigenvalue weighted by atomic mass is 10.0. The molecule has 0 saturated heterocycles. The van der Waals surface area contributed by atoms with Crippen molar-refractivity contribution in [2.45, 2.75) is 103 Å². The molecule has 3 nitrogen and oxygen atoms in total. The Labute approximate surface area is 139 Å². The number of unbranched alkanes of at least 4 members (excludes halogenated alkanes) is 9. The van der Waals surface area contributed by atoms with Gasteiger partial charge in [-0.25, -0.2) is 4.79 Å². The summed E-state index contributed by atoms with van der Waals surface area (Å²) in [4.78, 5) is 11.8. The van der Waals surface area contributed by atoms with E-state index in [-0.39, 0.29) is 12.1 Å². The van der Waals surface area contributed by atoms with E-state index >= 15 is 0 Å². The first-order valence-corrected chi connectivity index (χ1v) is 12.6. The molecule has 0 rings (SSSR count). The fourth-order valence-corrected chi connectivity index (χ4v) is 3.67. The Balaban J connectivity index is 3.66. The van der Waals surface area contributed by atoms with Gasteiger partial charge in [0.25, 0.3) is 0 Å². The monoisotopic (exact) mass is 330 g/mol. The maximum atomic E-state index is 11.8. The average molecular weight is 331 g/mol. The third-order valence-corrected chi connectivity index (χ3v) is 4.77. The molecule has 0 fully saturated rings. The highest BCUT2D eigenvalue weighted by atomic mass is 28.4. The number of rotatable bonds is 14. The van der Waals surface area contributed by atoms with Gasteiger partial charge in [0.15, 0.2) is 8.32 Å². The number of carbonyl (C=O) groups is 1. The zero-order valence-electron chi connectivity index (χ0n) is 15.6. The summed E-state index contributed by atoms with van der Waals surface area (Å²) in [7, 11) is -0.252. The molecular weight excluding hydrogens is 292 g/mol. The molecule has 1 atom stereocenters. The van der Waals surface area contributed by atoms with Gasteiger partial charge < -0.3 is 9.16 Å². The third kappa shape index (κ3) is 13.3.